The highest BCUT2D eigenvalue weighted by atomic mass is 16.3. The highest BCUT2D eigenvalue weighted by Crippen LogP contribution is 2.20. The average molecular weight is 200 g/mol. The largest absolute Gasteiger partial charge is 0.395 e. The monoisotopic (exact) mass is 200 g/mol. The lowest BCUT2D eigenvalue weighted by Gasteiger charge is -2.35. The molecule has 0 aromatic heterocycles. The summed E-state index contributed by atoms with van der Waals surface area (Å²) in [5.74, 6) is 0.00940. The molecule has 0 aliphatic carbocycles. The third-order valence-corrected chi connectivity index (χ3v) is 2.72. The molecule has 1 aliphatic heterocycles. The molecule has 14 heavy (non-hydrogen) atoms. The number of nitrogens with two attached hydrogens (primary N) is 1. The van der Waals surface area contributed by atoms with E-state index in [4.69, 9.17) is 10.8 Å². The lowest BCUT2D eigenvalue weighted by Crippen LogP contribution is -2.50. The van der Waals surface area contributed by atoms with Crippen LogP contribution in [0.5, 0.6) is 0 Å². The fraction of sp³-hybridized carbons (Fsp3) is 0.900. The zero-order valence-corrected chi connectivity index (χ0v) is 8.99. The van der Waals surface area contributed by atoms with Crippen molar-refractivity contribution in [3.05, 3.63) is 0 Å². The van der Waals surface area contributed by atoms with Crippen molar-refractivity contribution < 1.29 is 9.90 Å². The van der Waals surface area contributed by atoms with E-state index in [2.05, 4.69) is 0 Å². The van der Waals surface area contributed by atoms with E-state index in [1.807, 2.05) is 0 Å². The SMILES string of the molecule is CC(C)(CO)C(=O)N1CCCC(N)C1. The van der Waals surface area contributed by atoms with Crippen molar-refractivity contribution in [1.29, 1.82) is 0 Å². The summed E-state index contributed by atoms with van der Waals surface area (Å²) in [4.78, 5) is 13.7. The Morgan fingerprint density at radius 3 is 2.79 bits per heavy atom. The van der Waals surface area contributed by atoms with Crippen molar-refractivity contribution in [1.82, 2.24) is 4.90 Å². The summed E-state index contributed by atoms with van der Waals surface area (Å²) < 4.78 is 0. The number of piperidine rings is 1. The predicted octanol–water partition coefficient (Wildman–Crippen LogP) is -0.0454. The number of aliphatic hydroxyl groups is 1. The summed E-state index contributed by atoms with van der Waals surface area (Å²) in [6.07, 6.45) is 1.96. The Kier molecular flexibility index (Phi) is 3.50. The van der Waals surface area contributed by atoms with Crippen molar-refractivity contribution in [2.45, 2.75) is 32.7 Å². The Balaban J connectivity index is 2.60. The Hall–Kier alpha value is -0.610. The normalized spacial score (nSPS) is 23.7. The van der Waals surface area contributed by atoms with Crippen molar-refractivity contribution in [3.8, 4) is 0 Å². The van der Waals surface area contributed by atoms with Crippen molar-refractivity contribution in [2.24, 2.45) is 11.1 Å². The minimum absolute atomic E-state index is 0.00940. The van der Waals surface area contributed by atoms with Gasteiger partial charge in [-0.15, -0.1) is 0 Å². The minimum Gasteiger partial charge on any atom is -0.395 e. The molecule has 0 saturated carbocycles. The molecule has 1 amide bonds. The number of likely N-dealkylation sites (tertiary alicyclic amines) is 1. The molecule has 4 heteroatoms. The van der Waals surface area contributed by atoms with E-state index in [9.17, 15) is 4.79 Å². The van der Waals surface area contributed by atoms with Gasteiger partial charge in [0.05, 0.1) is 12.0 Å². The van der Waals surface area contributed by atoms with E-state index in [0.717, 1.165) is 19.4 Å². The van der Waals surface area contributed by atoms with Crippen LogP contribution in [0.25, 0.3) is 0 Å². The summed E-state index contributed by atoms with van der Waals surface area (Å²) >= 11 is 0. The van der Waals surface area contributed by atoms with Crippen LogP contribution in [0.2, 0.25) is 0 Å². The molecule has 3 N–H and O–H groups in total. The van der Waals surface area contributed by atoms with Crippen LogP contribution in [0.3, 0.4) is 0 Å². The average Bonchev–Trinajstić information content (AvgIpc) is 2.16. The van der Waals surface area contributed by atoms with Gasteiger partial charge in [0, 0.05) is 19.1 Å². The second-order valence-corrected chi connectivity index (χ2v) is 4.70. The predicted molar refractivity (Wildman–Crippen MR) is 54.7 cm³/mol. The van der Waals surface area contributed by atoms with Gasteiger partial charge in [-0.1, -0.05) is 0 Å². The van der Waals surface area contributed by atoms with Gasteiger partial charge in [-0.05, 0) is 26.7 Å². The zero-order chi connectivity index (χ0) is 10.8. The third kappa shape index (κ3) is 2.45. The molecule has 1 unspecified atom stereocenters. The van der Waals surface area contributed by atoms with E-state index in [1.165, 1.54) is 0 Å². The third-order valence-electron chi connectivity index (χ3n) is 2.72. The van der Waals surface area contributed by atoms with Crippen LogP contribution in [0, 0.1) is 5.41 Å². The maximum Gasteiger partial charge on any atom is 0.230 e. The first-order valence-electron chi connectivity index (χ1n) is 5.13. The van der Waals surface area contributed by atoms with Crippen molar-refractivity contribution in [2.75, 3.05) is 19.7 Å². The van der Waals surface area contributed by atoms with Gasteiger partial charge in [0.2, 0.25) is 5.91 Å². The van der Waals surface area contributed by atoms with E-state index in [1.54, 1.807) is 18.7 Å². The molecule has 1 rings (SSSR count). The number of rotatable bonds is 2. The van der Waals surface area contributed by atoms with Gasteiger partial charge in [0.1, 0.15) is 0 Å². The number of nitrogens with zero attached hydrogens (tertiary/aromatic N) is 1. The maximum absolute atomic E-state index is 11.9. The molecule has 0 aromatic rings. The van der Waals surface area contributed by atoms with Gasteiger partial charge in [-0.25, -0.2) is 0 Å². The van der Waals surface area contributed by atoms with Crippen LogP contribution < -0.4 is 5.73 Å². The molecular formula is C10H20N2O2. The van der Waals surface area contributed by atoms with Crippen LogP contribution in [0.15, 0.2) is 0 Å². The summed E-state index contributed by atoms with van der Waals surface area (Å²) in [7, 11) is 0. The molecule has 4 nitrogen and oxygen atoms in total. The number of amides is 1. The summed E-state index contributed by atoms with van der Waals surface area (Å²) in [5.41, 5.74) is 5.12. The zero-order valence-electron chi connectivity index (χ0n) is 8.99. The first kappa shape index (κ1) is 11.5. The molecule has 0 radical (unpaired) electrons. The van der Waals surface area contributed by atoms with E-state index in [0.29, 0.717) is 6.54 Å². The second kappa shape index (κ2) is 4.28. The molecule has 1 saturated heterocycles. The van der Waals surface area contributed by atoms with Gasteiger partial charge >= 0.3 is 0 Å². The molecule has 0 bridgehead atoms. The molecule has 82 valence electrons. The van der Waals surface area contributed by atoms with Gasteiger partial charge in [0.25, 0.3) is 0 Å². The smallest absolute Gasteiger partial charge is 0.230 e. The Morgan fingerprint density at radius 1 is 1.64 bits per heavy atom. The summed E-state index contributed by atoms with van der Waals surface area (Å²) in [6, 6.07) is 0.0993. The summed E-state index contributed by atoms with van der Waals surface area (Å²) in [5, 5.41) is 9.08. The lowest BCUT2D eigenvalue weighted by molar-refractivity contribution is -0.143. The van der Waals surface area contributed by atoms with Gasteiger partial charge in [0.15, 0.2) is 0 Å². The van der Waals surface area contributed by atoms with Crippen molar-refractivity contribution >= 4 is 5.91 Å². The van der Waals surface area contributed by atoms with Crippen LogP contribution >= 0.6 is 0 Å². The first-order chi connectivity index (χ1) is 6.47. The van der Waals surface area contributed by atoms with Crippen LogP contribution in [0.1, 0.15) is 26.7 Å². The maximum atomic E-state index is 11.9. The quantitative estimate of drug-likeness (QED) is 0.657. The molecule has 1 fully saturated rings. The minimum atomic E-state index is -0.670. The number of carbonyl (C=O) groups is 1. The van der Waals surface area contributed by atoms with Gasteiger partial charge in [-0.3, -0.25) is 4.79 Å². The standard InChI is InChI=1S/C10H20N2O2/c1-10(2,7-13)9(14)12-5-3-4-8(11)6-12/h8,13H,3-7,11H2,1-2H3. The number of carbonyl (C=O) groups excluding carboxylic acids is 1. The first-order valence-corrected chi connectivity index (χ1v) is 5.13. The van der Waals surface area contributed by atoms with Gasteiger partial charge in [-0.2, -0.15) is 0 Å². The van der Waals surface area contributed by atoms with Gasteiger partial charge < -0.3 is 15.7 Å². The topological polar surface area (TPSA) is 66.6 Å². The number of hydrogen-bond donors (Lipinski definition) is 2. The van der Waals surface area contributed by atoms with E-state index < -0.39 is 5.41 Å². The molecule has 0 aromatic carbocycles. The number of aliphatic hydroxyl groups excluding tert-OH is 1. The molecule has 1 aliphatic rings. The molecule has 0 spiro atoms. The van der Waals surface area contributed by atoms with Crippen molar-refractivity contribution in [3.63, 3.8) is 0 Å². The highest BCUT2D eigenvalue weighted by Gasteiger charge is 2.33. The molecule has 1 heterocycles. The van der Waals surface area contributed by atoms with E-state index >= 15 is 0 Å². The Labute approximate surface area is 85.1 Å². The van der Waals surface area contributed by atoms with Crippen LogP contribution in [-0.2, 0) is 4.79 Å². The second-order valence-electron chi connectivity index (χ2n) is 4.70. The van der Waals surface area contributed by atoms with Crippen LogP contribution in [-0.4, -0.2) is 41.7 Å². The molecule has 1 atom stereocenters. The lowest BCUT2D eigenvalue weighted by atomic mass is 9.91. The molecular weight excluding hydrogens is 180 g/mol. The Bertz CT molecular complexity index is 216. The van der Waals surface area contributed by atoms with Crippen LogP contribution in [0.4, 0.5) is 0 Å². The Morgan fingerprint density at radius 2 is 2.29 bits per heavy atom. The number of hydrogen-bond acceptors (Lipinski definition) is 3. The fourth-order valence-corrected chi connectivity index (χ4v) is 1.69. The highest BCUT2D eigenvalue weighted by molar-refractivity contribution is 5.82. The summed E-state index contributed by atoms with van der Waals surface area (Å²) in [6.45, 7) is 4.81. The fourth-order valence-electron chi connectivity index (χ4n) is 1.69. The van der Waals surface area contributed by atoms with E-state index in [-0.39, 0.29) is 18.6 Å².